The summed E-state index contributed by atoms with van der Waals surface area (Å²) in [6, 6.07) is 0. The van der Waals surface area contributed by atoms with Crippen molar-refractivity contribution in [3.63, 3.8) is 0 Å². The van der Waals surface area contributed by atoms with Crippen LogP contribution in [0.4, 0.5) is 0 Å². The van der Waals surface area contributed by atoms with Gasteiger partial charge >= 0.3 is 41.5 Å². The van der Waals surface area contributed by atoms with Gasteiger partial charge in [0.15, 0.2) is 0 Å². The minimum atomic E-state index is -1.70. The Morgan fingerprint density at radius 1 is 1.25 bits per heavy atom. The Kier molecular flexibility index (Phi) is 7.27. The van der Waals surface area contributed by atoms with E-state index in [1.807, 2.05) is 0 Å². The Hall–Kier alpha value is -0.390. The van der Waals surface area contributed by atoms with Crippen LogP contribution in [0.5, 0.6) is 0 Å². The van der Waals surface area contributed by atoms with E-state index < -0.39 is 23.6 Å². The second-order valence-corrected chi connectivity index (χ2v) is 1.97. The van der Waals surface area contributed by atoms with E-state index in [0.717, 1.165) is 0 Å². The Bertz CT molecular complexity index is 200. The zero-order chi connectivity index (χ0) is 9.02. The molecule has 64 valence electrons. The summed E-state index contributed by atoms with van der Waals surface area (Å²) < 4.78 is 0. The van der Waals surface area contributed by atoms with Crippen LogP contribution in [-0.2, 0) is 14.4 Å². The fourth-order valence-corrected chi connectivity index (χ4v) is 0.621. The SMILES string of the molecule is CCC(C(=O)O)C(=O)C(=O)O.[NaH]. The van der Waals surface area contributed by atoms with Crippen LogP contribution in [0.15, 0.2) is 0 Å². The van der Waals surface area contributed by atoms with E-state index in [-0.39, 0.29) is 36.0 Å². The molecule has 6 heteroatoms. The van der Waals surface area contributed by atoms with E-state index in [1.54, 1.807) is 0 Å². The molecule has 0 spiro atoms. The van der Waals surface area contributed by atoms with Crippen LogP contribution < -0.4 is 0 Å². The number of hydrogen-bond acceptors (Lipinski definition) is 3. The van der Waals surface area contributed by atoms with E-state index in [9.17, 15) is 14.4 Å². The van der Waals surface area contributed by atoms with Crippen LogP contribution in [0.3, 0.4) is 0 Å². The van der Waals surface area contributed by atoms with Gasteiger partial charge in [0, 0.05) is 0 Å². The van der Waals surface area contributed by atoms with Gasteiger partial charge in [0.2, 0.25) is 0 Å². The van der Waals surface area contributed by atoms with E-state index in [4.69, 9.17) is 10.2 Å². The molecule has 0 fully saturated rings. The number of carbonyl (C=O) groups is 3. The van der Waals surface area contributed by atoms with Gasteiger partial charge in [-0.15, -0.1) is 0 Å². The molecule has 5 nitrogen and oxygen atoms in total. The molecule has 1 unspecified atom stereocenters. The van der Waals surface area contributed by atoms with Crippen molar-refractivity contribution in [2.45, 2.75) is 13.3 Å². The number of aliphatic carboxylic acids is 2. The molecule has 0 bridgehead atoms. The summed E-state index contributed by atoms with van der Waals surface area (Å²) in [5.41, 5.74) is 0. The maximum absolute atomic E-state index is 10.5. The summed E-state index contributed by atoms with van der Waals surface area (Å²) in [6.07, 6.45) is 0.000463. The van der Waals surface area contributed by atoms with Crippen molar-refractivity contribution >= 4 is 47.3 Å². The fraction of sp³-hybridized carbons (Fsp3) is 0.500. The van der Waals surface area contributed by atoms with Gasteiger partial charge in [0.05, 0.1) is 0 Å². The van der Waals surface area contributed by atoms with Crippen molar-refractivity contribution in [1.29, 1.82) is 0 Å². The number of rotatable bonds is 4. The van der Waals surface area contributed by atoms with Crippen molar-refractivity contribution in [1.82, 2.24) is 0 Å². The third kappa shape index (κ3) is 3.85. The fourth-order valence-electron chi connectivity index (χ4n) is 0.621. The van der Waals surface area contributed by atoms with Gasteiger partial charge in [-0.2, -0.15) is 0 Å². The molecule has 0 aliphatic carbocycles. The summed E-state index contributed by atoms with van der Waals surface area (Å²) >= 11 is 0. The Morgan fingerprint density at radius 2 is 1.67 bits per heavy atom. The first-order chi connectivity index (χ1) is 5.00. The van der Waals surface area contributed by atoms with E-state index in [1.165, 1.54) is 6.92 Å². The summed E-state index contributed by atoms with van der Waals surface area (Å²) in [4.78, 5) is 30.7. The maximum atomic E-state index is 10.5. The zero-order valence-electron chi connectivity index (χ0n) is 5.90. The molecule has 0 aliphatic heterocycles. The number of ketones is 1. The normalized spacial score (nSPS) is 11.1. The van der Waals surface area contributed by atoms with E-state index >= 15 is 0 Å². The molecule has 0 aromatic heterocycles. The average Bonchev–Trinajstić information content (AvgIpc) is 1.88. The van der Waals surface area contributed by atoms with Gasteiger partial charge in [0.1, 0.15) is 5.92 Å². The van der Waals surface area contributed by atoms with Gasteiger partial charge in [-0.3, -0.25) is 9.59 Å². The van der Waals surface area contributed by atoms with Crippen LogP contribution in [0, 0.1) is 5.92 Å². The molecular formula is C6H9NaO5. The number of carbonyl (C=O) groups excluding carboxylic acids is 1. The standard InChI is InChI=1S/C6H8O5.Na.H/c1-2-3(5(8)9)4(7)6(10)11;;/h3H,2H2,1H3,(H,8,9)(H,10,11);;. The van der Waals surface area contributed by atoms with Crippen molar-refractivity contribution in [2.75, 3.05) is 0 Å². The molecule has 0 saturated heterocycles. The van der Waals surface area contributed by atoms with Crippen molar-refractivity contribution < 1.29 is 24.6 Å². The molecule has 0 aromatic carbocycles. The van der Waals surface area contributed by atoms with Gasteiger partial charge in [0.25, 0.3) is 5.78 Å². The second-order valence-electron chi connectivity index (χ2n) is 1.97. The number of carboxylic acid groups (broad SMARTS) is 2. The summed E-state index contributed by atoms with van der Waals surface area (Å²) in [7, 11) is 0. The number of hydrogen-bond donors (Lipinski definition) is 2. The zero-order valence-corrected chi connectivity index (χ0v) is 5.90. The topological polar surface area (TPSA) is 91.7 Å². The van der Waals surface area contributed by atoms with Crippen LogP contribution in [0.2, 0.25) is 0 Å². The van der Waals surface area contributed by atoms with Gasteiger partial charge in [-0.25, -0.2) is 4.79 Å². The molecule has 2 N–H and O–H groups in total. The molecule has 0 rings (SSSR count). The molecule has 0 saturated carbocycles. The summed E-state index contributed by atoms with van der Waals surface area (Å²) in [5, 5.41) is 16.4. The Balaban J connectivity index is 0. The van der Waals surface area contributed by atoms with Crippen LogP contribution in [-0.4, -0.2) is 57.5 Å². The van der Waals surface area contributed by atoms with Gasteiger partial charge < -0.3 is 10.2 Å². The Labute approximate surface area is 91.1 Å². The molecule has 0 aliphatic rings. The third-order valence-electron chi connectivity index (χ3n) is 1.23. The summed E-state index contributed by atoms with van der Waals surface area (Å²) in [5.74, 6) is -5.76. The predicted molar refractivity (Wildman–Crippen MR) is 41.2 cm³/mol. The second kappa shape index (κ2) is 6.16. The molecule has 0 heterocycles. The van der Waals surface area contributed by atoms with Crippen molar-refractivity contribution in [3.8, 4) is 0 Å². The number of carboxylic acids is 2. The van der Waals surface area contributed by atoms with Crippen molar-refractivity contribution in [2.24, 2.45) is 5.92 Å². The van der Waals surface area contributed by atoms with Gasteiger partial charge in [-0.05, 0) is 6.42 Å². The van der Waals surface area contributed by atoms with Gasteiger partial charge in [-0.1, -0.05) is 6.92 Å². The molecule has 12 heavy (non-hydrogen) atoms. The minimum absolute atomic E-state index is 0. The third-order valence-corrected chi connectivity index (χ3v) is 1.23. The quantitative estimate of drug-likeness (QED) is 0.335. The first kappa shape index (κ1) is 14.2. The van der Waals surface area contributed by atoms with Crippen LogP contribution in [0.1, 0.15) is 13.3 Å². The average molecular weight is 184 g/mol. The summed E-state index contributed by atoms with van der Waals surface area (Å²) in [6.45, 7) is 1.44. The first-order valence-corrected chi connectivity index (χ1v) is 3.00. The Morgan fingerprint density at radius 3 is 1.75 bits per heavy atom. The molecule has 0 radical (unpaired) electrons. The van der Waals surface area contributed by atoms with Crippen molar-refractivity contribution in [3.05, 3.63) is 0 Å². The molecule has 1 atom stereocenters. The molecule has 0 aromatic rings. The predicted octanol–water partition coefficient (Wildman–Crippen LogP) is -0.898. The van der Waals surface area contributed by atoms with Crippen LogP contribution >= 0.6 is 0 Å². The van der Waals surface area contributed by atoms with E-state index in [0.29, 0.717) is 0 Å². The molecular weight excluding hydrogens is 175 g/mol. The molecule has 0 amide bonds. The van der Waals surface area contributed by atoms with E-state index in [2.05, 4.69) is 0 Å². The first-order valence-electron chi connectivity index (χ1n) is 3.00. The van der Waals surface area contributed by atoms with Crippen LogP contribution in [0.25, 0.3) is 0 Å². The monoisotopic (exact) mass is 184 g/mol. The number of Topliss-reactive ketones (excluding diaryl/α,β-unsaturated/α-hetero) is 1.